The molecule has 7 rings (SSSR count). The summed E-state index contributed by atoms with van der Waals surface area (Å²) in [5.41, 5.74) is 34.9. The van der Waals surface area contributed by atoms with Crippen molar-refractivity contribution in [3.8, 4) is 22.3 Å². The molecule has 1 nitrogen and oxygen atoms in total. The molecule has 53 heavy (non-hydrogen) atoms. The van der Waals surface area contributed by atoms with E-state index >= 15 is 0 Å². The summed E-state index contributed by atoms with van der Waals surface area (Å²) in [5.74, 6) is 0. The Bertz CT molecular complexity index is 2730. The Labute approximate surface area is 318 Å². The number of fused-ring (bicyclic) bond motifs is 5. The molecular weight excluding hydrogens is 641 g/mol. The van der Waals surface area contributed by atoms with Crippen LogP contribution in [-0.4, -0.2) is 0 Å². The Morgan fingerprint density at radius 2 is 0.396 bits per heavy atom. The Morgan fingerprint density at radius 1 is 0.170 bits per heavy atom. The molecule has 0 atom stereocenters. The SMILES string of the molecule is Cc1c(C)c(C)c(-c2c3c(C)c(C)c(C)c(C)c3c(-c3c(C)c(C)c(C)c4oc5c(C)c(C)c(C)c(C)c5c34)c3c(C)c(C)c(C)c(C)c23)c(C)c1C. The Morgan fingerprint density at radius 3 is 0.774 bits per heavy atom. The maximum Gasteiger partial charge on any atom is 0.139 e. The third-order valence-corrected chi connectivity index (χ3v) is 15.3. The highest BCUT2D eigenvalue weighted by atomic mass is 16.3. The second kappa shape index (κ2) is 12.1. The summed E-state index contributed by atoms with van der Waals surface area (Å²) in [5, 5.41) is 8.17. The number of hydrogen-bond donors (Lipinski definition) is 0. The van der Waals surface area contributed by atoms with Gasteiger partial charge in [-0.3, -0.25) is 0 Å². The molecule has 0 N–H and O–H groups in total. The van der Waals surface area contributed by atoms with Gasteiger partial charge in [-0.1, -0.05) is 0 Å². The highest BCUT2D eigenvalue weighted by molar-refractivity contribution is 6.30. The van der Waals surface area contributed by atoms with Gasteiger partial charge < -0.3 is 4.42 Å². The van der Waals surface area contributed by atoms with E-state index in [-0.39, 0.29) is 0 Å². The van der Waals surface area contributed by atoms with Crippen LogP contribution in [-0.2, 0) is 0 Å². The van der Waals surface area contributed by atoms with Gasteiger partial charge in [0.05, 0.1) is 0 Å². The molecule has 0 amide bonds. The topological polar surface area (TPSA) is 13.1 Å². The molecule has 0 aliphatic heterocycles. The summed E-state index contributed by atoms with van der Waals surface area (Å²) in [6.45, 7) is 46.7. The normalized spacial score (nSPS) is 12.2. The van der Waals surface area contributed by atoms with Crippen LogP contribution in [0.15, 0.2) is 4.42 Å². The second-order valence-electron chi connectivity index (χ2n) is 17.0. The van der Waals surface area contributed by atoms with Crippen molar-refractivity contribution in [1.82, 2.24) is 0 Å². The summed E-state index contributed by atoms with van der Waals surface area (Å²) in [7, 11) is 0. The van der Waals surface area contributed by atoms with E-state index in [1.165, 1.54) is 166 Å². The zero-order valence-electron chi connectivity index (χ0n) is 36.4. The van der Waals surface area contributed by atoms with E-state index in [0.717, 1.165) is 11.2 Å². The summed E-state index contributed by atoms with van der Waals surface area (Å²) >= 11 is 0. The van der Waals surface area contributed by atoms with Crippen molar-refractivity contribution in [2.75, 3.05) is 0 Å². The molecule has 0 saturated carbocycles. The number of aryl methyl sites for hydroxylation is 7. The van der Waals surface area contributed by atoms with Gasteiger partial charge in [0.25, 0.3) is 0 Å². The quantitative estimate of drug-likeness (QED) is 0.164. The van der Waals surface area contributed by atoms with Gasteiger partial charge in [0, 0.05) is 10.8 Å². The maximum atomic E-state index is 7.11. The van der Waals surface area contributed by atoms with Crippen LogP contribution in [0, 0.1) is 138 Å². The lowest BCUT2D eigenvalue weighted by Crippen LogP contribution is -2.07. The van der Waals surface area contributed by atoms with Crippen molar-refractivity contribution in [2.45, 2.75) is 138 Å². The van der Waals surface area contributed by atoms with Gasteiger partial charge in [-0.25, -0.2) is 0 Å². The molecule has 1 heteroatoms. The molecule has 6 aromatic carbocycles. The molecule has 0 radical (unpaired) electrons. The molecule has 1 aromatic heterocycles. The van der Waals surface area contributed by atoms with Crippen molar-refractivity contribution < 1.29 is 4.42 Å². The monoisotopic (exact) mass is 700 g/mol. The van der Waals surface area contributed by atoms with Crippen LogP contribution in [0.3, 0.4) is 0 Å². The van der Waals surface area contributed by atoms with Gasteiger partial charge in [0.2, 0.25) is 0 Å². The van der Waals surface area contributed by atoms with Gasteiger partial charge in [-0.15, -0.1) is 0 Å². The van der Waals surface area contributed by atoms with E-state index in [2.05, 4.69) is 138 Å². The average Bonchev–Trinajstić information content (AvgIpc) is 3.53. The molecule has 274 valence electrons. The van der Waals surface area contributed by atoms with E-state index in [9.17, 15) is 0 Å². The predicted octanol–water partition coefficient (Wildman–Crippen LogP) is 15.4. The summed E-state index contributed by atoms with van der Waals surface area (Å²) in [4.78, 5) is 0. The molecule has 0 unspecified atom stereocenters. The van der Waals surface area contributed by atoms with E-state index in [0.29, 0.717) is 0 Å². The van der Waals surface area contributed by atoms with E-state index in [4.69, 9.17) is 4.42 Å². The lowest BCUT2D eigenvalue weighted by Gasteiger charge is -2.30. The number of hydrogen-bond acceptors (Lipinski definition) is 1. The van der Waals surface area contributed by atoms with Crippen molar-refractivity contribution in [1.29, 1.82) is 0 Å². The first-order chi connectivity index (χ1) is 24.7. The fraction of sp³-hybridized carbons (Fsp3) is 0.385. The van der Waals surface area contributed by atoms with Gasteiger partial charge in [-0.2, -0.15) is 0 Å². The van der Waals surface area contributed by atoms with Crippen LogP contribution < -0.4 is 0 Å². The average molecular weight is 701 g/mol. The zero-order valence-corrected chi connectivity index (χ0v) is 36.4. The molecule has 0 aliphatic rings. The fourth-order valence-electron chi connectivity index (χ4n) is 10.1. The Kier molecular flexibility index (Phi) is 8.42. The number of furan rings is 1. The van der Waals surface area contributed by atoms with Gasteiger partial charge >= 0.3 is 0 Å². The number of rotatable bonds is 2. The summed E-state index contributed by atoms with van der Waals surface area (Å²) in [6.07, 6.45) is 0. The van der Waals surface area contributed by atoms with E-state index in [1.807, 2.05) is 0 Å². The van der Waals surface area contributed by atoms with Gasteiger partial charge in [0.15, 0.2) is 0 Å². The van der Waals surface area contributed by atoms with Gasteiger partial charge in [0.1, 0.15) is 11.2 Å². The lowest BCUT2D eigenvalue weighted by molar-refractivity contribution is 0.661. The van der Waals surface area contributed by atoms with Crippen LogP contribution in [0.2, 0.25) is 0 Å². The van der Waals surface area contributed by atoms with Crippen LogP contribution in [0.1, 0.15) is 111 Å². The molecule has 1 heterocycles. The van der Waals surface area contributed by atoms with Crippen LogP contribution >= 0.6 is 0 Å². The molecule has 7 aromatic rings. The zero-order chi connectivity index (χ0) is 39.2. The third-order valence-electron chi connectivity index (χ3n) is 15.3. The molecule has 0 fully saturated rings. The third kappa shape index (κ3) is 4.55. The van der Waals surface area contributed by atoms with E-state index in [1.54, 1.807) is 0 Å². The minimum atomic E-state index is 1.03. The molecule has 0 bridgehead atoms. The maximum absolute atomic E-state index is 7.11. The van der Waals surface area contributed by atoms with Crippen LogP contribution in [0.25, 0.3) is 65.7 Å². The van der Waals surface area contributed by atoms with E-state index < -0.39 is 0 Å². The first kappa shape index (κ1) is 37.0. The first-order valence-electron chi connectivity index (χ1n) is 19.7. The highest BCUT2D eigenvalue weighted by Gasteiger charge is 2.31. The second-order valence-corrected chi connectivity index (χ2v) is 17.0. The molecule has 0 aliphatic carbocycles. The number of benzene rings is 6. The van der Waals surface area contributed by atoms with Crippen molar-refractivity contribution in [2.24, 2.45) is 0 Å². The Balaban J connectivity index is 1.97. The Hall–Kier alpha value is -4.36. The lowest BCUT2D eigenvalue weighted by atomic mass is 9.73. The fourth-order valence-corrected chi connectivity index (χ4v) is 10.1. The molecule has 0 saturated heterocycles. The molecular formula is C52H60O. The van der Waals surface area contributed by atoms with Crippen molar-refractivity contribution >= 4 is 43.5 Å². The van der Waals surface area contributed by atoms with Crippen molar-refractivity contribution in [3.05, 3.63) is 111 Å². The first-order valence-corrected chi connectivity index (χ1v) is 19.7. The van der Waals surface area contributed by atoms with Crippen molar-refractivity contribution in [3.63, 3.8) is 0 Å². The van der Waals surface area contributed by atoms with Crippen LogP contribution in [0.4, 0.5) is 0 Å². The van der Waals surface area contributed by atoms with Crippen LogP contribution in [0.5, 0.6) is 0 Å². The van der Waals surface area contributed by atoms with Gasteiger partial charge in [-0.05, 0) is 294 Å². The smallest absolute Gasteiger partial charge is 0.139 e. The molecule has 0 spiro atoms. The standard InChI is InChI=1S/C52H60O/c1-21-22(2)31(11)41(32(12)23(21)3)48-42-33(13)24(4)26(6)35(15)44(42)49(45-36(16)27(7)25(5)34(14)43(45)48)46-37(17)30(10)40(20)52-50(46)47-38(18)28(8)29(9)39(19)51(47)53-52/h1-20H3. The highest BCUT2D eigenvalue weighted by Crippen LogP contribution is 2.55. The minimum absolute atomic E-state index is 1.03. The summed E-state index contributed by atoms with van der Waals surface area (Å²) < 4.78 is 7.11. The largest absolute Gasteiger partial charge is 0.455 e. The predicted molar refractivity (Wildman–Crippen MR) is 234 cm³/mol. The summed E-state index contributed by atoms with van der Waals surface area (Å²) in [6, 6.07) is 0. The minimum Gasteiger partial charge on any atom is -0.455 e.